The molecule has 3 aliphatic rings. The number of thioether (sulfide) groups is 1. The lowest BCUT2D eigenvalue weighted by atomic mass is 10.2. The molecule has 1 aromatic heterocycles. The summed E-state index contributed by atoms with van der Waals surface area (Å²) in [5, 5.41) is -0.386. The topological polar surface area (TPSA) is 85.3 Å². The number of nitrogens with zero attached hydrogens (tertiary/aromatic N) is 7. The van der Waals surface area contributed by atoms with Crippen LogP contribution in [-0.4, -0.2) is 139 Å². The summed E-state index contributed by atoms with van der Waals surface area (Å²) in [5.41, 5.74) is 0.826. The van der Waals surface area contributed by atoms with E-state index in [-0.39, 0.29) is 11.8 Å². The number of hydrogen-bond donors (Lipinski definition) is 0. The maximum atomic E-state index is 13.6. The molecule has 0 spiro atoms. The molecule has 3 fully saturated rings. The number of likely N-dealkylation sites (N-methyl/N-ethyl adjacent to an activating group) is 2. The largest absolute Gasteiger partial charge is 0.378 e. The zero-order valence-electron chi connectivity index (χ0n) is 19.9. The fraction of sp³-hybridized carbons (Fsp3) is 0.727. The zero-order chi connectivity index (χ0) is 23.4. The third-order valence-corrected chi connectivity index (χ3v) is 7.49. The van der Waals surface area contributed by atoms with Crippen molar-refractivity contribution in [1.82, 2.24) is 29.6 Å². The third kappa shape index (κ3) is 6.14. The smallest absolute Gasteiger partial charge is 0.245 e. The molecule has 182 valence electrons. The summed E-state index contributed by atoms with van der Waals surface area (Å²) in [4.78, 5) is 46.7. The molecule has 0 atom stereocenters. The Morgan fingerprint density at radius 3 is 1.88 bits per heavy atom. The molecule has 0 radical (unpaired) electrons. The predicted octanol–water partition coefficient (Wildman–Crippen LogP) is -0.370. The van der Waals surface area contributed by atoms with E-state index >= 15 is 0 Å². The Balaban J connectivity index is 1.55. The van der Waals surface area contributed by atoms with Crippen molar-refractivity contribution >= 4 is 29.4 Å². The molecule has 11 heteroatoms. The fourth-order valence-electron chi connectivity index (χ4n) is 4.23. The molecule has 3 aliphatic heterocycles. The Bertz CT molecular complexity index is 801. The number of amides is 2. The van der Waals surface area contributed by atoms with Gasteiger partial charge in [-0.05, 0) is 21.0 Å². The Kier molecular flexibility index (Phi) is 8.05. The van der Waals surface area contributed by atoms with Crippen LogP contribution in [0, 0.1) is 6.92 Å². The van der Waals surface area contributed by atoms with Crippen LogP contribution in [0.3, 0.4) is 0 Å². The lowest BCUT2D eigenvalue weighted by Crippen LogP contribution is -2.55. The van der Waals surface area contributed by atoms with Gasteiger partial charge in [-0.1, -0.05) is 11.8 Å². The second-order valence-corrected chi connectivity index (χ2v) is 10.1. The number of aryl methyl sites for hydroxylation is 1. The normalized spacial score (nSPS) is 21.0. The van der Waals surface area contributed by atoms with E-state index in [2.05, 4.69) is 33.8 Å². The highest BCUT2D eigenvalue weighted by molar-refractivity contribution is 8.01. The number of rotatable bonds is 5. The van der Waals surface area contributed by atoms with Crippen molar-refractivity contribution in [2.75, 3.05) is 97.7 Å². The molecule has 0 bridgehead atoms. The number of ether oxygens (including phenoxy) is 1. The van der Waals surface area contributed by atoms with Crippen LogP contribution in [-0.2, 0) is 14.3 Å². The maximum Gasteiger partial charge on any atom is 0.245 e. The number of hydrogen-bond acceptors (Lipinski definition) is 9. The van der Waals surface area contributed by atoms with Gasteiger partial charge in [0.15, 0.2) is 10.4 Å². The number of carbonyl (C=O) groups excluding carboxylic acids is 2. The zero-order valence-corrected chi connectivity index (χ0v) is 20.7. The van der Waals surface area contributed by atoms with Crippen molar-refractivity contribution in [3.63, 3.8) is 0 Å². The number of aromatic nitrogens is 2. The Labute approximate surface area is 200 Å². The van der Waals surface area contributed by atoms with Crippen molar-refractivity contribution in [1.29, 1.82) is 0 Å². The van der Waals surface area contributed by atoms with Gasteiger partial charge in [-0.25, -0.2) is 9.97 Å². The third-order valence-electron chi connectivity index (χ3n) is 6.46. The molecule has 0 aliphatic carbocycles. The van der Waals surface area contributed by atoms with E-state index in [4.69, 9.17) is 9.72 Å². The lowest BCUT2D eigenvalue weighted by molar-refractivity contribution is -0.141. The van der Waals surface area contributed by atoms with Gasteiger partial charge < -0.3 is 29.2 Å². The first kappa shape index (κ1) is 24.2. The number of carbonyl (C=O) groups is 2. The van der Waals surface area contributed by atoms with Crippen LogP contribution in [0.15, 0.2) is 11.2 Å². The first-order valence-corrected chi connectivity index (χ1v) is 12.6. The molecule has 0 unspecified atom stereocenters. The van der Waals surface area contributed by atoms with Crippen molar-refractivity contribution in [2.24, 2.45) is 0 Å². The summed E-state index contributed by atoms with van der Waals surface area (Å²) >= 11 is 1.20. The first-order chi connectivity index (χ1) is 15.9. The summed E-state index contributed by atoms with van der Waals surface area (Å²) in [6.07, 6.45) is 0. The average Bonchev–Trinajstić information content (AvgIpc) is 2.83. The summed E-state index contributed by atoms with van der Waals surface area (Å²) in [5.74, 6) is 0.566. The summed E-state index contributed by atoms with van der Waals surface area (Å²) in [6, 6.07) is 1.95. The van der Waals surface area contributed by atoms with Gasteiger partial charge in [0.25, 0.3) is 0 Å². The molecule has 33 heavy (non-hydrogen) atoms. The lowest BCUT2D eigenvalue weighted by Gasteiger charge is -2.37. The fourth-order valence-corrected chi connectivity index (χ4v) is 5.28. The van der Waals surface area contributed by atoms with Crippen LogP contribution in [0.4, 0.5) is 5.82 Å². The van der Waals surface area contributed by atoms with E-state index in [1.54, 1.807) is 0 Å². The van der Waals surface area contributed by atoms with E-state index in [0.29, 0.717) is 44.5 Å². The van der Waals surface area contributed by atoms with Gasteiger partial charge in [-0.15, -0.1) is 0 Å². The van der Waals surface area contributed by atoms with Gasteiger partial charge in [0.05, 0.1) is 13.2 Å². The molecule has 0 saturated carbocycles. The van der Waals surface area contributed by atoms with Crippen LogP contribution in [0.1, 0.15) is 5.69 Å². The second-order valence-electron chi connectivity index (χ2n) is 9.00. The quantitative estimate of drug-likeness (QED) is 0.320. The Morgan fingerprint density at radius 1 is 0.848 bits per heavy atom. The SMILES string of the molecule is Cc1cc(N2CCOCC2)nc(SC(C(=O)N2CCN(C)CC2)C(=O)N2CCN(C)CC2)n1. The first-order valence-electron chi connectivity index (χ1n) is 11.7. The van der Waals surface area contributed by atoms with E-state index < -0.39 is 5.25 Å². The molecule has 4 rings (SSSR count). The van der Waals surface area contributed by atoms with E-state index in [9.17, 15) is 9.59 Å². The minimum Gasteiger partial charge on any atom is -0.378 e. The van der Waals surface area contributed by atoms with Crippen LogP contribution in [0.5, 0.6) is 0 Å². The van der Waals surface area contributed by atoms with Gasteiger partial charge in [-0.2, -0.15) is 0 Å². The monoisotopic (exact) mass is 477 g/mol. The molecule has 0 N–H and O–H groups in total. The van der Waals surface area contributed by atoms with Gasteiger partial charge in [0, 0.05) is 77.2 Å². The van der Waals surface area contributed by atoms with Crippen molar-refractivity contribution in [3.05, 3.63) is 11.8 Å². The van der Waals surface area contributed by atoms with Gasteiger partial charge in [0.1, 0.15) is 5.82 Å². The Hall–Kier alpha value is -1.95. The van der Waals surface area contributed by atoms with Crippen molar-refractivity contribution < 1.29 is 14.3 Å². The predicted molar refractivity (Wildman–Crippen MR) is 128 cm³/mol. The molecular weight excluding hydrogens is 442 g/mol. The number of piperazine rings is 2. The molecule has 0 aromatic carbocycles. The molecule has 2 amide bonds. The van der Waals surface area contributed by atoms with Crippen LogP contribution in [0.2, 0.25) is 0 Å². The highest BCUT2D eigenvalue weighted by Crippen LogP contribution is 2.27. The second kappa shape index (κ2) is 11.0. The minimum atomic E-state index is -0.865. The minimum absolute atomic E-state index is 0.130. The standard InChI is InChI=1S/C22H35N7O3S/c1-17-16-18(27-12-14-32-15-13-27)24-22(23-17)33-19(20(30)28-8-4-25(2)5-9-28)21(31)29-10-6-26(3)7-11-29/h16,19H,4-15H2,1-3H3. The Morgan fingerprint density at radius 2 is 1.36 bits per heavy atom. The van der Waals surface area contributed by atoms with Crippen LogP contribution >= 0.6 is 11.8 Å². The van der Waals surface area contributed by atoms with Crippen LogP contribution < -0.4 is 4.90 Å². The van der Waals surface area contributed by atoms with E-state index in [0.717, 1.165) is 50.8 Å². The molecular formula is C22H35N7O3S. The van der Waals surface area contributed by atoms with Crippen LogP contribution in [0.25, 0.3) is 0 Å². The summed E-state index contributed by atoms with van der Waals surface area (Å²) in [6.45, 7) is 10.6. The molecule has 1 aromatic rings. The highest BCUT2D eigenvalue weighted by Gasteiger charge is 2.37. The average molecular weight is 478 g/mol. The van der Waals surface area contributed by atoms with Crippen molar-refractivity contribution in [3.8, 4) is 0 Å². The van der Waals surface area contributed by atoms with Crippen molar-refractivity contribution in [2.45, 2.75) is 17.3 Å². The van der Waals surface area contributed by atoms with Gasteiger partial charge >= 0.3 is 0 Å². The van der Waals surface area contributed by atoms with Gasteiger partial charge in [-0.3, -0.25) is 9.59 Å². The van der Waals surface area contributed by atoms with E-state index in [1.165, 1.54) is 11.8 Å². The molecule has 10 nitrogen and oxygen atoms in total. The highest BCUT2D eigenvalue weighted by atomic mass is 32.2. The van der Waals surface area contributed by atoms with E-state index in [1.807, 2.05) is 22.8 Å². The van der Waals surface area contributed by atoms with Gasteiger partial charge in [0.2, 0.25) is 11.8 Å². The molecule has 3 saturated heterocycles. The molecule has 4 heterocycles. The number of anilines is 1. The number of morpholine rings is 1. The maximum absolute atomic E-state index is 13.6. The summed E-state index contributed by atoms with van der Waals surface area (Å²) < 4.78 is 5.46. The summed E-state index contributed by atoms with van der Waals surface area (Å²) in [7, 11) is 4.11.